The van der Waals surface area contributed by atoms with Gasteiger partial charge in [0.2, 0.25) is 11.6 Å². The topological polar surface area (TPSA) is 43.4 Å². The van der Waals surface area contributed by atoms with Crippen LogP contribution in [0.15, 0.2) is 121 Å². The Bertz CT molecular complexity index is 1550. The Kier molecular flexibility index (Phi) is 5.82. The molecule has 0 amide bonds. The van der Waals surface area contributed by atoms with Crippen LogP contribution < -0.4 is 0 Å². The average Bonchev–Trinajstić information content (AvgIpc) is 3.68. The molecule has 0 radical (unpaired) electrons. The van der Waals surface area contributed by atoms with Crippen molar-refractivity contribution in [2.75, 3.05) is 0 Å². The summed E-state index contributed by atoms with van der Waals surface area (Å²) in [5, 5.41) is 4.06. The van der Waals surface area contributed by atoms with E-state index in [-0.39, 0.29) is 0 Å². The monoisotopic (exact) mass is 588 g/mol. The van der Waals surface area contributed by atoms with Crippen molar-refractivity contribution in [3.63, 3.8) is 0 Å². The summed E-state index contributed by atoms with van der Waals surface area (Å²) in [6.45, 7) is 13.0. The molecule has 4 saturated heterocycles. The molecule has 4 aromatic rings. The predicted octanol–water partition coefficient (Wildman–Crippen LogP) is 7.37. The highest BCUT2D eigenvalue weighted by molar-refractivity contribution is 5.57. The zero-order chi connectivity index (χ0) is 30.6. The van der Waals surface area contributed by atoms with Gasteiger partial charge < -0.3 is 9.47 Å². The molecule has 4 heterocycles. The van der Waals surface area contributed by atoms with E-state index >= 15 is 0 Å². The summed E-state index contributed by atoms with van der Waals surface area (Å²) in [6, 6.07) is 42.2. The second kappa shape index (κ2) is 9.10. The van der Waals surface area contributed by atoms with Crippen LogP contribution in [-0.2, 0) is 41.6 Å². The molecule has 6 nitrogen and oxygen atoms in total. The number of nitrogens with zero attached hydrogens (tertiary/aromatic N) is 2. The lowest BCUT2D eigenvalue weighted by Gasteiger charge is -2.46. The van der Waals surface area contributed by atoms with Gasteiger partial charge in [0.05, 0.1) is 0 Å². The van der Waals surface area contributed by atoms with E-state index in [9.17, 15) is 0 Å². The van der Waals surface area contributed by atoms with Gasteiger partial charge in [0, 0.05) is 22.2 Å². The maximum Gasteiger partial charge on any atom is 0.230 e. The number of rotatable bonds is 4. The molecule has 0 saturated carbocycles. The summed E-state index contributed by atoms with van der Waals surface area (Å²) < 4.78 is 15.3. The van der Waals surface area contributed by atoms with Gasteiger partial charge in [-0.05, 0) is 52.7 Å². The maximum atomic E-state index is 7.67. The number of benzene rings is 4. The average molecular weight is 589 g/mol. The van der Waals surface area contributed by atoms with Gasteiger partial charge in [-0.2, -0.15) is 10.1 Å². The van der Waals surface area contributed by atoms with E-state index in [4.69, 9.17) is 19.1 Å². The quantitative estimate of drug-likeness (QED) is 0.248. The first-order valence-corrected chi connectivity index (χ1v) is 15.6. The van der Waals surface area contributed by atoms with Crippen LogP contribution in [0.1, 0.15) is 63.8 Å². The Hall–Kier alpha value is -3.36. The van der Waals surface area contributed by atoms with E-state index in [1.54, 1.807) is 0 Å². The van der Waals surface area contributed by atoms with Crippen LogP contribution >= 0.6 is 0 Å². The highest BCUT2D eigenvalue weighted by Gasteiger charge is 2.97. The fraction of sp³-hybridized carbons (Fsp3) is 0.368. The van der Waals surface area contributed by atoms with Crippen molar-refractivity contribution in [1.82, 2.24) is 10.1 Å². The largest absolute Gasteiger partial charge is 0.321 e. The molecule has 4 fully saturated rings. The summed E-state index contributed by atoms with van der Waals surface area (Å²) >= 11 is 0. The van der Waals surface area contributed by atoms with Crippen molar-refractivity contribution in [2.24, 2.45) is 0 Å². The molecule has 8 rings (SSSR count). The molecule has 4 aliphatic heterocycles. The molecule has 4 aliphatic rings. The Morgan fingerprint density at radius 2 is 0.705 bits per heavy atom. The third-order valence-electron chi connectivity index (χ3n) is 9.92. The third kappa shape index (κ3) is 3.16. The zero-order valence-corrected chi connectivity index (χ0v) is 26.2. The van der Waals surface area contributed by atoms with Crippen LogP contribution in [0.2, 0.25) is 0 Å². The van der Waals surface area contributed by atoms with Crippen LogP contribution in [0.5, 0.6) is 0 Å². The van der Waals surface area contributed by atoms with E-state index in [0.29, 0.717) is 0 Å². The highest BCUT2D eigenvalue weighted by Crippen LogP contribution is 2.82. The van der Waals surface area contributed by atoms with Crippen LogP contribution in [-0.4, -0.2) is 33.7 Å². The highest BCUT2D eigenvalue weighted by atomic mass is 16.9. The normalized spacial score (nSPS) is 34.9. The van der Waals surface area contributed by atoms with E-state index < -0.39 is 45.9 Å². The maximum absolute atomic E-state index is 7.67. The van der Waals surface area contributed by atoms with Gasteiger partial charge >= 0.3 is 0 Å². The Morgan fingerprint density at radius 1 is 0.432 bits per heavy atom. The van der Waals surface area contributed by atoms with Crippen LogP contribution in [0, 0.1) is 0 Å². The van der Waals surface area contributed by atoms with Gasteiger partial charge in [-0.15, -0.1) is 0 Å². The molecule has 0 aromatic heterocycles. The van der Waals surface area contributed by atoms with E-state index in [1.165, 1.54) is 0 Å². The summed E-state index contributed by atoms with van der Waals surface area (Å²) in [7, 11) is 0. The van der Waals surface area contributed by atoms with Crippen molar-refractivity contribution in [2.45, 2.75) is 87.5 Å². The van der Waals surface area contributed by atoms with Gasteiger partial charge in [-0.25, -0.2) is 0 Å². The minimum absolute atomic E-state index is 0.449. The molecule has 6 atom stereocenters. The molecule has 4 aromatic carbocycles. The van der Waals surface area contributed by atoms with Crippen LogP contribution in [0.3, 0.4) is 0 Å². The zero-order valence-electron chi connectivity index (χ0n) is 26.2. The third-order valence-corrected chi connectivity index (χ3v) is 9.92. The SMILES string of the molecule is CC(C)(C)N1O[C@@]2(c3ccccc3)O[C@@H]3N(C(C)(C)C)O[C@]4(c5ccccc5)O[C@H]1[C@]2(c1ccccc1)[C@]34c1ccccc1. The molecule has 0 spiro atoms. The Labute approximate surface area is 260 Å². The molecule has 0 aliphatic carbocycles. The first-order valence-electron chi connectivity index (χ1n) is 15.6. The summed E-state index contributed by atoms with van der Waals surface area (Å²) in [5.74, 6) is -2.53. The minimum atomic E-state index is -1.27. The number of hydrogen-bond acceptors (Lipinski definition) is 6. The summed E-state index contributed by atoms with van der Waals surface area (Å²) in [4.78, 5) is 14.7. The van der Waals surface area contributed by atoms with Gasteiger partial charge in [0.15, 0.2) is 12.5 Å². The molecule has 44 heavy (non-hydrogen) atoms. The van der Waals surface area contributed by atoms with Gasteiger partial charge in [-0.1, -0.05) is 121 Å². The molecular formula is C38H40N2O4. The van der Waals surface area contributed by atoms with Gasteiger partial charge in [0.25, 0.3) is 0 Å². The van der Waals surface area contributed by atoms with Crippen molar-refractivity contribution in [3.8, 4) is 0 Å². The van der Waals surface area contributed by atoms with Gasteiger partial charge in [-0.3, -0.25) is 9.68 Å². The molecule has 0 bridgehead atoms. The van der Waals surface area contributed by atoms with E-state index in [1.807, 2.05) is 22.3 Å². The van der Waals surface area contributed by atoms with Crippen molar-refractivity contribution < 1.29 is 19.1 Å². The Balaban J connectivity index is 1.61. The lowest BCUT2D eigenvalue weighted by atomic mass is 9.50. The van der Waals surface area contributed by atoms with Crippen LogP contribution in [0.25, 0.3) is 0 Å². The smallest absolute Gasteiger partial charge is 0.230 e. The minimum Gasteiger partial charge on any atom is -0.321 e. The first-order chi connectivity index (χ1) is 21.0. The fourth-order valence-electron chi connectivity index (χ4n) is 8.43. The van der Waals surface area contributed by atoms with E-state index in [0.717, 1.165) is 22.3 Å². The second-order valence-electron chi connectivity index (χ2n) is 14.4. The molecule has 0 unspecified atom stereocenters. The van der Waals surface area contributed by atoms with E-state index in [2.05, 4.69) is 151 Å². The number of hydroxylamine groups is 4. The molecule has 0 N–H and O–H groups in total. The van der Waals surface area contributed by atoms with Crippen molar-refractivity contribution in [3.05, 3.63) is 144 Å². The molecule has 226 valence electrons. The second-order valence-corrected chi connectivity index (χ2v) is 14.4. The van der Waals surface area contributed by atoms with Crippen molar-refractivity contribution in [1.29, 1.82) is 0 Å². The predicted molar refractivity (Wildman–Crippen MR) is 168 cm³/mol. The molecular weight excluding hydrogens is 548 g/mol. The molecule has 6 heteroatoms. The summed E-state index contributed by atoms with van der Waals surface area (Å²) in [6.07, 6.45) is -1.17. The first kappa shape index (κ1) is 28.1. The lowest BCUT2D eigenvalue weighted by Crippen LogP contribution is -2.61. The number of hydrogen-bond donors (Lipinski definition) is 0. The fourth-order valence-corrected chi connectivity index (χ4v) is 8.43. The lowest BCUT2D eigenvalue weighted by molar-refractivity contribution is -0.424. The van der Waals surface area contributed by atoms with Gasteiger partial charge in [0.1, 0.15) is 10.8 Å². The van der Waals surface area contributed by atoms with Crippen molar-refractivity contribution >= 4 is 0 Å². The standard InChI is InChI=1S/C38H40N2O4/c1-33(2,3)39-31-35(27-19-11-7-12-20-27)36(28-21-13-8-14-22-28)32(42-37(35,43-39)29-23-15-9-16-24-29)40(34(4,5)6)44-38(36,41-31)30-25-17-10-18-26-30/h7-26,31-32H,1-6H3/t31-,32-,35-,36+,37-,38+/m0/s1. The number of ether oxygens (including phenoxy) is 2. The Morgan fingerprint density at radius 3 is 0.977 bits per heavy atom. The summed E-state index contributed by atoms with van der Waals surface area (Å²) in [5.41, 5.74) is 1.26. The van der Waals surface area contributed by atoms with Crippen LogP contribution in [0.4, 0.5) is 0 Å².